The van der Waals surface area contributed by atoms with Crippen LogP contribution in [-0.4, -0.2) is 15.0 Å². The van der Waals surface area contributed by atoms with E-state index in [2.05, 4.69) is 15.0 Å². The van der Waals surface area contributed by atoms with Crippen molar-refractivity contribution in [2.75, 3.05) is 0 Å². The molecule has 0 amide bonds. The van der Waals surface area contributed by atoms with Crippen LogP contribution in [0, 0.1) is 0 Å². The first kappa shape index (κ1) is 12.4. The summed E-state index contributed by atoms with van der Waals surface area (Å²) in [7, 11) is 0. The van der Waals surface area contributed by atoms with Crippen molar-refractivity contribution in [3.05, 3.63) is 42.2 Å². The Morgan fingerprint density at radius 3 is 2.78 bits per heavy atom. The Morgan fingerprint density at radius 2 is 2.17 bits per heavy atom. The average Bonchev–Trinajstić information content (AvgIpc) is 2.40. The van der Waals surface area contributed by atoms with E-state index in [-0.39, 0.29) is 5.92 Å². The molecule has 94 valence electrons. The largest absolute Gasteiger partial charge is 0.452 e. The Hall–Kier alpha value is -2.01. The summed E-state index contributed by atoms with van der Waals surface area (Å²) >= 11 is 0. The van der Waals surface area contributed by atoms with Gasteiger partial charge < -0.3 is 10.5 Å². The number of pyridine rings is 1. The van der Waals surface area contributed by atoms with Gasteiger partial charge in [0, 0.05) is 18.7 Å². The molecule has 0 unspecified atom stereocenters. The number of hydrogen-bond acceptors (Lipinski definition) is 5. The number of ether oxygens (including phenoxy) is 1. The SMILES string of the molecule is CC(C)c1ncc(Oc2cccnc2)c(CN)n1. The molecule has 0 aliphatic heterocycles. The second-order valence-corrected chi connectivity index (χ2v) is 4.19. The number of nitrogens with two attached hydrogens (primary N) is 1. The highest BCUT2D eigenvalue weighted by molar-refractivity contribution is 5.31. The van der Waals surface area contributed by atoms with Crippen LogP contribution in [0.25, 0.3) is 0 Å². The zero-order valence-electron chi connectivity index (χ0n) is 10.5. The van der Waals surface area contributed by atoms with Crippen LogP contribution < -0.4 is 10.5 Å². The third kappa shape index (κ3) is 2.81. The van der Waals surface area contributed by atoms with E-state index in [0.29, 0.717) is 23.7 Å². The molecule has 2 rings (SSSR count). The van der Waals surface area contributed by atoms with Crippen molar-refractivity contribution in [2.24, 2.45) is 5.73 Å². The summed E-state index contributed by atoms with van der Waals surface area (Å²) in [5.74, 6) is 2.26. The molecule has 0 aliphatic carbocycles. The van der Waals surface area contributed by atoms with Crippen LogP contribution in [-0.2, 0) is 6.54 Å². The molecule has 0 saturated heterocycles. The van der Waals surface area contributed by atoms with Crippen LogP contribution in [0.3, 0.4) is 0 Å². The zero-order valence-corrected chi connectivity index (χ0v) is 10.5. The molecule has 5 nitrogen and oxygen atoms in total. The fourth-order valence-corrected chi connectivity index (χ4v) is 1.47. The van der Waals surface area contributed by atoms with Crippen LogP contribution in [0.5, 0.6) is 11.5 Å². The van der Waals surface area contributed by atoms with Gasteiger partial charge in [0.05, 0.1) is 12.4 Å². The second-order valence-electron chi connectivity index (χ2n) is 4.19. The fourth-order valence-electron chi connectivity index (χ4n) is 1.47. The quantitative estimate of drug-likeness (QED) is 0.892. The van der Waals surface area contributed by atoms with Crippen molar-refractivity contribution in [1.29, 1.82) is 0 Å². The van der Waals surface area contributed by atoms with Gasteiger partial charge in [0.25, 0.3) is 0 Å². The molecule has 18 heavy (non-hydrogen) atoms. The molecule has 2 N–H and O–H groups in total. The van der Waals surface area contributed by atoms with E-state index in [9.17, 15) is 0 Å². The van der Waals surface area contributed by atoms with Crippen molar-refractivity contribution in [3.63, 3.8) is 0 Å². The molecule has 0 spiro atoms. The predicted molar refractivity (Wildman–Crippen MR) is 68.3 cm³/mol. The lowest BCUT2D eigenvalue weighted by Crippen LogP contribution is -2.07. The first-order valence-electron chi connectivity index (χ1n) is 5.84. The summed E-state index contributed by atoms with van der Waals surface area (Å²) in [6, 6.07) is 3.63. The molecular weight excluding hydrogens is 228 g/mol. The standard InChI is InChI=1S/C13H16N4O/c1-9(2)13-16-8-12(11(6-14)17-13)18-10-4-3-5-15-7-10/h3-5,7-9H,6,14H2,1-2H3. The maximum atomic E-state index is 5.69. The van der Waals surface area contributed by atoms with Gasteiger partial charge in [-0.2, -0.15) is 0 Å². The molecule has 5 heteroatoms. The van der Waals surface area contributed by atoms with Gasteiger partial charge in [0.2, 0.25) is 0 Å². The van der Waals surface area contributed by atoms with Gasteiger partial charge >= 0.3 is 0 Å². The lowest BCUT2D eigenvalue weighted by Gasteiger charge is -2.11. The second kappa shape index (κ2) is 5.55. The summed E-state index contributed by atoms with van der Waals surface area (Å²) < 4.78 is 5.67. The Balaban J connectivity index is 2.28. The third-order valence-corrected chi connectivity index (χ3v) is 2.42. The summed E-state index contributed by atoms with van der Waals surface area (Å²) in [6.45, 7) is 4.40. The maximum Gasteiger partial charge on any atom is 0.168 e. The van der Waals surface area contributed by atoms with E-state index >= 15 is 0 Å². The molecule has 0 atom stereocenters. The van der Waals surface area contributed by atoms with Crippen molar-refractivity contribution >= 4 is 0 Å². The van der Waals surface area contributed by atoms with Crippen molar-refractivity contribution in [3.8, 4) is 11.5 Å². The Kier molecular flexibility index (Phi) is 3.84. The van der Waals surface area contributed by atoms with E-state index < -0.39 is 0 Å². The van der Waals surface area contributed by atoms with Crippen LogP contribution in [0.15, 0.2) is 30.7 Å². The molecule has 0 saturated carbocycles. The molecular formula is C13H16N4O. The number of rotatable bonds is 4. The van der Waals surface area contributed by atoms with Gasteiger partial charge in [-0.3, -0.25) is 4.98 Å². The Labute approximate surface area is 106 Å². The molecule has 0 radical (unpaired) electrons. The van der Waals surface area contributed by atoms with E-state index in [0.717, 1.165) is 5.82 Å². The summed E-state index contributed by atoms with van der Waals surface area (Å²) in [4.78, 5) is 12.7. The lowest BCUT2D eigenvalue weighted by atomic mass is 10.2. The van der Waals surface area contributed by atoms with E-state index in [1.807, 2.05) is 19.9 Å². The zero-order chi connectivity index (χ0) is 13.0. The normalized spacial score (nSPS) is 10.7. The minimum absolute atomic E-state index is 0.266. The molecule has 2 aromatic heterocycles. The van der Waals surface area contributed by atoms with Gasteiger partial charge in [0.15, 0.2) is 5.75 Å². The van der Waals surface area contributed by atoms with Gasteiger partial charge in [-0.25, -0.2) is 9.97 Å². The minimum atomic E-state index is 0.266. The van der Waals surface area contributed by atoms with E-state index in [4.69, 9.17) is 10.5 Å². The summed E-state index contributed by atoms with van der Waals surface area (Å²) in [6.07, 6.45) is 4.99. The highest BCUT2D eigenvalue weighted by Crippen LogP contribution is 2.23. The Morgan fingerprint density at radius 1 is 1.33 bits per heavy atom. The molecule has 0 aromatic carbocycles. The number of hydrogen-bond donors (Lipinski definition) is 1. The molecule has 0 bridgehead atoms. The van der Waals surface area contributed by atoms with Crippen LogP contribution in [0.1, 0.15) is 31.3 Å². The smallest absolute Gasteiger partial charge is 0.168 e. The van der Waals surface area contributed by atoms with Gasteiger partial charge in [-0.1, -0.05) is 13.8 Å². The predicted octanol–water partition coefficient (Wildman–Crippen LogP) is 2.25. The third-order valence-electron chi connectivity index (χ3n) is 2.42. The molecule has 0 fully saturated rings. The average molecular weight is 244 g/mol. The van der Waals surface area contributed by atoms with Gasteiger partial charge in [-0.05, 0) is 12.1 Å². The topological polar surface area (TPSA) is 73.9 Å². The van der Waals surface area contributed by atoms with E-state index in [1.54, 1.807) is 24.7 Å². The lowest BCUT2D eigenvalue weighted by molar-refractivity contribution is 0.465. The summed E-state index contributed by atoms with van der Waals surface area (Å²) in [5, 5.41) is 0. The minimum Gasteiger partial charge on any atom is -0.452 e. The Bertz CT molecular complexity index is 514. The number of aromatic nitrogens is 3. The number of nitrogens with zero attached hydrogens (tertiary/aromatic N) is 3. The van der Waals surface area contributed by atoms with E-state index in [1.165, 1.54) is 0 Å². The fraction of sp³-hybridized carbons (Fsp3) is 0.308. The monoisotopic (exact) mass is 244 g/mol. The molecule has 2 heterocycles. The first-order valence-corrected chi connectivity index (χ1v) is 5.84. The van der Waals surface area contributed by atoms with Crippen LogP contribution in [0.2, 0.25) is 0 Å². The van der Waals surface area contributed by atoms with Crippen LogP contribution >= 0.6 is 0 Å². The molecule has 0 aliphatic rings. The van der Waals surface area contributed by atoms with Crippen molar-refractivity contribution in [2.45, 2.75) is 26.3 Å². The van der Waals surface area contributed by atoms with Crippen molar-refractivity contribution in [1.82, 2.24) is 15.0 Å². The van der Waals surface area contributed by atoms with Crippen molar-refractivity contribution < 1.29 is 4.74 Å². The maximum absolute atomic E-state index is 5.69. The van der Waals surface area contributed by atoms with Crippen LogP contribution in [0.4, 0.5) is 0 Å². The van der Waals surface area contributed by atoms with Gasteiger partial charge in [-0.15, -0.1) is 0 Å². The summed E-state index contributed by atoms with van der Waals surface area (Å²) in [5.41, 5.74) is 6.39. The first-order chi connectivity index (χ1) is 8.70. The highest BCUT2D eigenvalue weighted by Gasteiger charge is 2.10. The van der Waals surface area contributed by atoms with Gasteiger partial charge in [0.1, 0.15) is 17.3 Å². The highest BCUT2D eigenvalue weighted by atomic mass is 16.5. The molecule has 2 aromatic rings.